The van der Waals surface area contributed by atoms with E-state index in [2.05, 4.69) is 50.0 Å². The number of carbonyl (C=O) groups is 1. The Balaban J connectivity index is 1.48. The number of rotatable bonds is 6. The highest BCUT2D eigenvalue weighted by Crippen LogP contribution is 2.27. The molecule has 2 aliphatic rings. The van der Waals surface area contributed by atoms with Gasteiger partial charge in [-0.05, 0) is 77.0 Å². The summed E-state index contributed by atoms with van der Waals surface area (Å²) in [4.78, 5) is 15.1. The Morgan fingerprint density at radius 1 is 1.21 bits per heavy atom. The number of aryl methyl sites for hydroxylation is 1. The zero-order chi connectivity index (χ0) is 20.6. The first kappa shape index (κ1) is 20.4. The number of halogens is 1. The molecule has 6 nitrogen and oxygen atoms in total. The Hall–Kier alpha value is -1.90. The fourth-order valence-corrected chi connectivity index (χ4v) is 5.32. The van der Waals surface area contributed by atoms with Crippen LogP contribution in [0.2, 0.25) is 0 Å². The molecule has 2 aromatic rings. The van der Waals surface area contributed by atoms with Crippen molar-refractivity contribution in [2.75, 3.05) is 18.5 Å². The summed E-state index contributed by atoms with van der Waals surface area (Å²) >= 11 is 3.36. The second-order valence-electron chi connectivity index (χ2n) is 7.71. The SMILES string of the molecule is CN1CCCc2cc(CNC(=O)c3cc(S(=O)(=O)NC4CC4)ccc3Br)ccc21. The van der Waals surface area contributed by atoms with E-state index in [9.17, 15) is 13.2 Å². The summed E-state index contributed by atoms with van der Waals surface area (Å²) in [5, 5.41) is 2.91. The summed E-state index contributed by atoms with van der Waals surface area (Å²) in [5.41, 5.74) is 3.88. The molecule has 1 aliphatic carbocycles. The van der Waals surface area contributed by atoms with Gasteiger partial charge in [-0.3, -0.25) is 4.79 Å². The van der Waals surface area contributed by atoms with E-state index in [0.717, 1.165) is 37.8 Å². The van der Waals surface area contributed by atoms with E-state index in [0.29, 0.717) is 16.6 Å². The molecule has 4 rings (SSSR count). The van der Waals surface area contributed by atoms with Crippen molar-refractivity contribution in [1.29, 1.82) is 0 Å². The number of sulfonamides is 1. The number of benzene rings is 2. The molecule has 8 heteroatoms. The first-order valence-corrected chi connectivity index (χ1v) is 12.0. The van der Waals surface area contributed by atoms with E-state index in [1.54, 1.807) is 6.07 Å². The molecule has 0 saturated heterocycles. The molecular formula is C21H24BrN3O3S. The Bertz CT molecular complexity index is 1050. The van der Waals surface area contributed by atoms with Gasteiger partial charge >= 0.3 is 0 Å². The van der Waals surface area contributed by atoms with Crippen LogP contribution in [0.4, 0.5) is 5.69 Å². The maximum Gasteiger partial charge on any atom is 0.252 e. The van der Waals surface area contributed by atoms with Gasteiger partial charge in [-0.2, -0.15) is 0 Å². The van der Waals surface area contributed by atoms with Crippen LogP contribution < -0.4 is 14.9 Å². The third-order valence-electron chi connectivity index (χ3n) is 5.34. The molecule has 1 amide bonds. The van der Waals surface area contributed by atoms with Crippen LogP contribution in [0.5, 0.6) is 0 Å². The lowest BCUT2D eigenvalue weighted by atomic mass is 9.99. The molecule has 0 radical (unpaired) electrons. The minimum Gasteiger partial charge on any atom is -0.374 e. The van der Waals surface area contributed by atoms with Crippen molar-refractivity contribution in [2.45, 2.75) is 43.2 Å². The third kappa shape index (κ3) is 4.65. The fourth-order valence-electron chi connectivity index (χ4n) is 3.56. The average molecular weight is 478 g/mol. The van der Waals surface area contributed by atoms with E-state index in [1.807, 2.05) is 6.07 Å². The van der Waals surface area contributed by atoms with Crippen LogP contribution in [0, 0.1) is 0 Å². The van der Waals surface area contributed by atoms with Crippen molar-refractivity contribution in [1.82, 2.24) is 10.0 Å². The highest BCUT2D eigenvalue weighted by atomic mass is 79.9. The largest absolute Gasteiger partial charge is 0.374 e. The molecule has 1 saturated carbocycles. The predicted octanol–water partition coefficient (Wildman–Crippen LogP) is 3.20. The molecule has 0 aromatic heterocycles. The Morgan fingerprint density at radius 3 is 2.76 bits per heavy atom. The van der Waals surface area contributed by atoms with Crippen LogP contribution in [0.3, 0.4) is 0 Å². The number of hydrogen-bond acceptors (Lipinski definition) is 4. The zero-order valence-corrected chi connectivity index (χ0v) is 18.6. The van der Waals surface area contributed by atoms with Gasteiger partial charge in [0, 0.05) is 36.3 Å². The summed E-state index contributed by atoms with van der Waals surface area (Å²) in [6, 6.07) is 10.8. The molecule has 0 spiro atoms. The molecular weight excluding hydrogens is 454 g/mol. The van der Waals surface area contributed by atoms with E-state index in [4.69, 9.17) is 0 Å². The van der Waals surface area contributed by atoms with Crippen molar-refractivity contribution >= 4 is 37.5 Å². The number of hydrogen-bond donors (Lipinski definition) is 2. The number of nitrogens with zero attached hydrogens (tertiary/aromatic N) is 1. The lowest BCUT2D eigenvalue weighted by Gasteiger charge is -2.27. The minimum atomic E-state index is -3.61. The standard InChI is InChI=1S/C21H24BrN3O3S/c1-25-10-2-3-15-11-14(4-9-20(15)25)13-23-21(26)18-12-17(7-8-19(18)22)29(27,28)24-16-5-6-16/h4,7-9,11-12,16,24H,2-3,5-6,10,13H2,1H3,(H,23,26). The smallest absolute Gasteiger partial charge is 0.252 e. The minimum absolute atomic E-state index is 0.0176. The first-order chi connectivity index (χ1) is 13.8. The number of carbonyl (C=O) groups excluding carboxylic acids is 1. The molecule has 29 heavy (non-hydrogen) atoms. The quantitative estimate of drug-likeness (QED) is 0.669. The van der Waals surface area contributed by atoms with Gasteiger partial charge in [-0.1, -0.05) is 12.1 Å². The molecule has 0 atom stereocenters. The van der Waals surface area contributed by atoms with Crippen LogP contribution in [0.25, 0.3) is 0 Å². The van der Waals surface area contributed by atoms with Gasteiger partial charge in [0.2, 0.25) is 10.0 Å². The number of nitrogens with one attached hydrogen (secondary N) is 2. The topological polar surface area (TPSA) is 78.5 Å². The van der Waals surface area contributed by atoms with Gasteiger partial charge in [-0.25, -0.2) is 13.1 Å². The van der Waals surface area contributed by atoms with Crippen LogP contribution in [0.1, 0.15) is 40.7 Å². The maximum absolute atomic E-state index is 12.7. The second-order valence-corrected chi connectivity index (χ2v) is 10.3. The van der Waals surface area contributed by atoms with Crippen LogP contribution >= 0.6 is 15.9 Å². The molecule has 154 valence electrons. The second kappa shape index (κ2) is 8.08. The number of amides is 1. The number of anilines is 1. The first-order valence-electron chi connectivity index (χ1n) is 9.76. The van der Waals surface area contributed by atoms with Crippen molar-refractivity contribution in [2.24, 2.45) is 0 Å². The van der Waals surface area contributed by atoms with E-state index < -0.39 is 10.0 Å². The van der Waals surface area contributed by atoms with Crippen molar-refractivity contribution in [3.63, 3.8) is 0 Å². The molecule has 0 bridgehead atoms. The number of fused-ring (bicyclic) bond motifs is 1. The third-order valence-corrected chi connectivity index (χ3v) is 7.55. The van der Waals surface area contributed by atoms with E-state index in [-0.39, 0.29) is 16.8 Å². The molecule has 1 fully saturated rings. The Kier molecular flexibility index (Phi) is 5.68. The summed E-state index contributed by atoms with van der Waals surface area (Å²) in [5.74, 6) is -0.310. The monoisotopic (exact) mass is 477 g/mol. The van der Waals surface area contributed by atoms with E-state index >= 15 is 0 Å². The van der Waals surface area contributed by atoms with Crippen molar-refractivity contribution < 1.29 is 13.2 Å². The van der Waals surface area contributed by atoms with Gasteiger partial charge in [-0.15, -0.1) is 0 Å². The molecule has 1 heterocycles. The van der Waals surface area contributed by atoms with Crippen LogP contribution in [-0.2, 0) is 23.0 Å². The molecule has 2 aromatic carbocycles. The van der Waals surface area contributed by atoms with Gasteiger partial charge < -0.3 is 10.2 Å². The summed E-state index contributed by atoms with van der Waals surface area (Å²) in [6.07, 6.45) is 3.89. The van der Waals surface area contributed by atoms with Crippen molar-refractivity contribution in [3.8, 4) is 0 Å². The summed E-state index contributed by atoms with van der Waals surface area (Å²) in [6.45, 7) is 1.45. The maximum atomic E-state index is 12.7. The molecule has 0 unspecified atom stereocenters. The van der Waals surface area contributed by atoms with Gasteiger partial charge in [0.15, 0.2) is 0 Å². The zero-order valence-electron chi connectivity index (χ0n) is 16.2. The summed E-state index contributed by atoms with van der Waals surface area (Å²) in [7, 11) is -1.51. The highest BCUT2D eigenvalue weighted by Gasteiger charge is 2.28. The Morgan fingerprint density at radius 2 is 2.00 bits per heavy atom. The summed E-state index contributed by atoms with van der Waals surface area (Å²) < 4.78 is 28.1. The average Bonchev–Trinajstić information content (AvgIpc) is 3.49. The highest BCUT2D eigenvalue weighted by molar-refractivity contribution is 9.10. The normalized spacial score (nSPS) is 16.4. The lowest BCUT2D eigenvalue weighted by molar-refractivity contribution is 0.0950. The Labute approximate surface area is 179 Å². The van der Waals surface area contributed by atoms with E-state index in [1.165, 1.54) is 23.4 Å². The van der Waals surface area contributed by atoms with Gasteiger partial charge in [0.05, 0.1) is 10.5 Å². The van der Waals surface area contributed by atoms with Gasteiger partial charge in [0.25, 0.3) is 5.91 Å². The lowest BCUT2D eigenvalue weighted by Crippen LogP contribution is -2.27. The molecule has 2 N–H and O–H groups in total. The fraction of sp³-hybridized carbons (Fsp3) is 0.381. The predicted molar refractivity (Wildman–Crippen MR) is 117 cm³/mol. The van der Waals surface area contributed by atoms with Crippen LogP contribution in [-0.4, -0.2) is 34.0 Å². The molecule has 1 aliphatic heterocycles. The van der Waals surface area contributed by atoms with Crippen LogP contribution in [0.15, 0.2) is 45.8 Å². The van der Waals surface area contributed by atoms with Gasteiger partial charge in [0.1, 0.15) is 0 Å². The van der Waals surface area contributed by atoms with Crippen molar-refractivity contribution in [3.05, 3.63) is 57.6 Å².